The third-order valence-electron chi connectivity index (χ3n) is 4.07. The van der Waals surface area contributed by atoms with Gasteiger partial charge in [0.15, 0.2) is 0 Å². The first-order chi connectivity index (χ1) is 8.68. The quantitative estimate of drug-likeness (QED) is 0.892. The molecule has 1 heterocycles. The molecule has 2 N–H and O–H groups in total. The zero-order valence-electron chi connectivity index (χ0n) is 11.0. The molecule has 1 unspecified atom stereocenters. The van der Waals surface area contributed by atoms with Crippen molar-refractivity contribution in [3.8, 4) is 0 Å². The second kappa shape index (κ2) is 5.81. The summed E-state index contributed by atoms with van der Waals surface area (Å²) in [6.45, 7) is 3.48. The zero-order chi connectivity index (χ0) is 13.0. The van der Waals surface area contributed by atoms with Crippen LogP contribution in [0.2, 0.25) is 0 Å². The first kappa shape index (κ1) is 13.5. The lowest BCUT2D eigenvalue weighted by molar-refractivity contribution is 0.0428. The molecule has 18 heavy (non-hydrogen) atoms. The van der Waals surface area contributed by atoms with Crippen molar-refractivity contribution in [3.05, 3.63) is 35.6 Å². The van der Waals surface area contributed by atoms with E-state index in [9.17, 15) is 4.39 Å². The van der Waals surface area contributed by atoms with Crippen LogP contribution in [0.4, 0.5) is 4.39 Å². The van der Waals surface area contributed by atoms with Crippen molar-refractivity contribution in [2.45, 2.75) is 44.1 Å². The Kier molecular flexibility index (Phi) is 4.36. The van der Waals surface area contributed by atoms with Gasteiger partial charge in [-0.1, -0.05) is 25.1 Å². The Morgan fingerprint density at radius 2 is 2.00 bits per heavy atom. The molecule has 1 fully saturated rings. The number of benzene rings is 1. The van der Waals surface area contributed by atoms with Gasteiger partial charge >= 0.3 is 0 Å². The van der Waals surface area contributed by atoms with Crippen LogP contribution >= 0.6 is 0 Å². The largest absolute Gasteiger partial charge is 0.381 e. The van der Waals surface area contributed by atoms with E-state index in [1.54, 1.807) is 12.1 Å². The number of rotatable bonds is 4. The minimum atomic E-state index is -0.140. The predicted octanol–water partition coefficient (Wildman–Crippen LogP) is 3.00. The fraction of sp³-hybridized carbons (Fsp3) is 0.600. The maximum atomic E-state index is 14.1. The molecule has 0 spiro atoms. The molecule has 1 aliphatic heterocycles. The highest BCUT2D eigenvalue weighted by molar-refractivity contribution is 5.28. The summed E-state index contributed by atoms with van der Waals surface area (Å²) in [5.74, 6) is -0.109. The van der Waals surface area contributed by atoms with Gasteiger partial charge in [0.25, 0.3) is 0 Å². The van der Waals surface area contributed by atoms with Gasteiger partial charge in [0.2, 0.25) is 0 Å². The molecule has 1 aromatic rings. The second-order valence-corrected chi connectivity index (χ2v) is 5.25. The highest BCUT2D eigenvalue weighted by atomic mass is 19.1. The van der Waals surface area contributed by atoms with Gasteiger partial charge in [-0.3, -0.25) is 0 Å². The summed E-state index contributed by atoms with van der Waals surface area (Å²) in [7, 11) is 0. The normalized spacial score (nSPS) is 20.6. The Bertz CT molecular complexity index is 388. The van der Waals surface area contributed by atoms with Crippen molar-refractivity contribution < 1.29 is 9.13 Å². The van der Waals surface area contributed by atoms with Gasteiger partial charge in [0, 0.05) is 24.7 Å². The van der Waals surface area contributed by atoms with Crippen molar-refractivity contribution in [2.75, 3.05) is 13.2 Å². The Morgan fingerprint density at radius 1 is 1.33 bits per heavy atom. The number of hydrogen-bond donors (Lipinski definition) is 1. The van der Waals surface area contributed by atoms with Gasteiger partial charge in [-0.15, -0.1) is 0 Å². The highest BCUT2D eigenvalue weighted by Crippen LogP contribution is 2.40. The summed E-state index contributed by atoms with van der Waals surface area (Å²) in [5.41, 5.74) is 6.79. The smallest absolute Gasteiger partial charge is 0.126 e. The van der Waals surface area contributed by atoms with Crippen LogP contribution in [0.3, 0.4) is 0 Å². The van der Waals surface area contributed by atoms with Crippen LogP contribution in [0, 0.1) is 5.82 Å². The van der Waals surface area contributed by atoms with Crippen LogP contribution in [-0.4, -0.2) is 19.3 Å². The van der Waals surface area contributed by atoms with E-state index >= 15 is 0 Å². The van der Waals surface area contributed by atoms with Crippen LogP contribution in [0.15, 0.2) is 24.3 Å². The number of nitrogens with two attached hydrogens (primary N) is 1. The van der Waals surface area contributed by atoms with Gasteiger partial charge in [-0.25, -0.2) is 4.39 Å². The maximum absolute atomic E-state index is 14.1. The molecule has 1 aromatic carbocycles. The lowest BCUT2D eigenvalue weighted by Crippen LogP contribution is -2.40. The lowest BCUT2D eigenvalue weighted by Gasteiger charge is -2.39. The van der Waals surface area contributed by atoms with E-state index in [-0.39, 0.29) is 17.3 Å². The predicted molar refractivity (Wildman–Crippen MR) is 71.0 cm³/mol. The third-order valence-corrected chi connectivity index (χ3v) is 4.07. The maximum Gasteiger partial charge on any atom is 0.126 e. The molecule has 1 aliphatic rings. The highest BCUT2D eigenvalue weighted by Gasteiger charge is 2.37. The monoisotopic (exact) mass is 251 g/mol. The molecule has 0 amide bonds. The van der Waals surface area contributed by atoms with Crippen molar-refractivity contribution >= 4 is 0 Å². The van der Waals surface area contributed by atoms with Gasteiger partial charge in [-0.05, 0) is 37.3 Å². The summed E-state index contributed by atoms with van der Waals surface area (Å²) in [5, 5.41) is 0. The fourth-order valence-corrected chi connectivity index (χ4v) is 2.88. The van der Waals surface area contributed by atoms with Gasteiger partial charge in [0.1, 0.15) is 5.82 Å². The van der Waals surface area contributed by atoms with Crippen molar-refractivity contribution in [1.29, 1.82) is 0 Å². The lowest BCUT2D eigenvalue weighted by atomic mass is 9.69. The second-order valence-electron chi connectivity index (χ2n) is 5.25. The van der Waals surface area contributed by atoms with E-state index in [0.717, 1.165) is 31.2 Å². The zero-order valence-corrected chi connectivity index (χ0v) is 11.0. The topological polar surface area (TPSA) is 35.2 Å². The van der Waals surface area contributed by atoms with E-state index in [1.807, 2.05) is 12.1 Å². The molecule has 100 valence electrons. The summed E-state index contributed by atoms with van der Waals surface area (Å²) < 4.78 is 19.5. The third kappa shape index (κ3) is 2.73. The molecule has 3 heteroatoms. The number of halogens is 1. The summed E-state index contributed by atoms with van der Waals surface area (Å²) >= 11 is 0. The van der Waals surface area contributed by atoms with E-state index in [2.05, 4.69) is 6.92 Å². The fourth-order valence-electron chi connectivity index (χ4n) is 2.88. The van der Waals surface area contributed by atoms with E-state index in [0.29, 0.717) is 13.2 Å². The van der Waals surface area contributed by atoms with Crippen LogP contribution in [-0.2, 0) is 10.2 Å². The Balaban J connectivity index is 2.32. The van der Waals surface area contributed by atoms with Gasteiger partial charge in [-0.2, -0.15) is 0 Å². The summed E-state index contributed by atoms with van der Waals surface area (Å²) in [4.78, 5) is 0. The van der Waals surface area contributed by atoms with Gasteiger partial charge < -0.3 is 10.5 Å². The van der Waals surface area contributed by atoms with E-state index in [4.69, 9.17) is 10.5 Å². The minimum Gasteiger partial charge on any atom is -0.381 e. The van der Waals surface area contributed by atoms with E-state index in [1.165, 1.54) is 0 Å². The number of ether oxygens (including phenoxy) is 1. The first-order valence-electron chi connectivity index (χ1n) is 6.76. The molecule has 0 aliphatic carbocycles. The minimum absolute atomic E-state index is 0.109. The standard InChI is InChI=1S/C15H22FNO/c1-2-12(17)11-15(7-9-18-10-8-15)13-5-3-4-6-14(13)16/h3-6,12H,2,7-11,17H2,1H3. The molecule has 2 nitrogen and oxygen atoms in total. The van der Waals surface area contributed by atoms with Crippen molar-refractivity contribution in [3.63, 3.8) is 0 Å². The summed E-state index contributed by atoms with van der Waals surface area (Å²) in [6.07, 6.45) is 3.49. The molecule has 0 saturated carbocycles. The molecule has 1 atom stereocenters. The van der Waals surface area contributed by atoms with Crippen molar-refractivity contribution in [2.24, 2.45) is 5.73 Å². The number of hydrogen-bond acceptors (Lipinski definition) is 2. The molecular formula is C15H22FNO. The molecular weight excluding hydrogens is 229 g/mol. The van der Waals surface area contributed by atoms with Crippen LogP contribution in [0.1, 0.15) is 38.2 Å². The van der Waals surface area contributed by atoms with Crippen LogP contribution in [0.5, 0.6) is 0 Å². The Hall–Kier alpha value is -0.930. The SMILES string of the molecule is CCC(N)CC1(c2ccccc2F)CCOCC1. The van der Waals surface area contributed by atoms with Gasteiger partial charge in [0.05, 0.1) is 0 Å². The molecule has 0 radical (unpaired) electrons. The average Bonchev–Trinajstić information content (AvgIpc) is 2.40. The molecule has 0 aromatic heterocycles. The Morgan fingerprint density at radius 3 is 2.61 bits per heavy atom. The molecule has 2 rings (SSSR count). The van der Waals surface area contributed by atoms with Crippen LogP contribution in [0.25, 0.3) is 0 Å². The Labute approximate surface area is 108 Å². The summed E-state index contributed by atoms with van der Waals surface area (Å²) in [6, 6.07) is 7.23. The van der Waals surface area contributed by atoms with E-state index < -0.39 is 0 Å². The van der Waals surface area contributed by atoms with Crippen LogP contribution < -0.4 is 5.73 Å². The first-order valence-corrected chi connectivity index (χ1v) is 6.76. The molecule has 0 bridgehead atoms. The van der Waals surface area contributed by atoms with Crippen molar-refractivity contribution in [1.82, 2.24) is 0 Å². The average molecular weight is 251 g/mol. The molecule has 1 saturated heterocycles.